The maximum Gasteiger partial charge on any atom is 0.244 e. The van der Waals surface area contributed by atoms with E-state index >= 15 is 0 Å². The lowest BCUT2D eigenvalue weighted by molar-refractivity contribution is -0.139. The predicted molar refractivity (Wildman–Crippen MR) is 142 cm³/mol. The van der Waals surface area contributed by atoms with Crippen molar-refractivity contribution in [2.75, 3.05) is 17.1 Å². The number of amides is 2. The molecule has 0 aromatic heterocycles. The van der Waals surface area contributed by atoms with E-state index in [1.807, 2.05) is 33.8 Å². The van der Waals surface area contributed by atoms with E-state index in [2.05, 4.69) is 5.32 Å². The number of halogens is 2. The molecule has 2 aromatic carbocycles. The molecule has 0 saturated heterocycles. The van der Waals surface area contributed by atoms with Crippen LogP contribution in [-0.4, -0.2) is 50.0 Å². The first-order valence-electron chi connectivity index (χ1n) is 11.3. The number of anilines is 1. The third-order valence-corrected chi connectivity index (χ3v) is 7.84. The van der Waals surface area contributed by atoms with Gasteiger partial charge in [-0.2, -0.15) is 0 Å². The molecule has 1 N–H and O–H groups in total. The SMILES string of the molecule is CC[C@@H](C)NC(=O)[C@H](C)N(Cc1ccc(Cl)c(Cl)c1)C(=O)CN(c1ccc(C)c(C)c1)S(C)(=O)=O. The van der Waals surface area contributed by atoms with Crippen LogP contribution in [0.3, 0.4) is 0 Å². The number of sulfonamides is 1. The molecular weight excluding hydrogens is 509 g/mol. The van der Waals surface area contributed by atoms with Crippen LogP contribution in [0.4, 0.5) is 5.69 Å². The molecule has 35 heavy (non-hydrogen) atoms. The van der Waals surface area contributed by atoms with E-state index in [-0.39, 0.29) is 18.5 Å². The molecule has 0 aliphatic rings. The molecular formula is C25H33Cl2N3O4S. The Bertz CT molecular complexity index is 1190. The average molecular weight is 543 g/mol. The summed E-state index contributed by atoms with van der Waals surface area (Å²) in [6.07, 6.45) is 1.78. The van der Waals surface area contributed by atoms with Crippen molar-refractivity contribution in [3.05, 3.63) is 63.1 Å². The van der Waals surface area contributed by atoms with Crippen molar-refractivity contribution in [2.45, 2.75) is 59.7 Å². The molecule has 0 aliphatic heterocycles. The maximum absolute atomic E-state index is 13.6. The van der Waals surface area contributed by atoms with Gasteiger partial charge in [-0.1, -0.05) is 42.3 Å². The summed E-state index contributed by atoms with van der Waals surface area (Å²) in [6, 6.07) is 9.23. The highest BCUT2D eigenvalue weighted by molar-refractivity contribution is 7.92. The summed E-state index contributed by atoms with van der Waals surface area (Å²) in [5.41, 5.74) is 2.95. The third kappa shape index (κ3) is 7.85. The van der Waals surface area contributed by atoms with Crippen LogP contribution in [0.2, 0.25) is 10.0 Å². The molecule has 2 atom stereocenters. The zero-order valence-corrected chi connectivity index (χ0v) is 23.3. The van der Waals surface area contributed by atoms with Gasteiger partial charge in [-0.3, -0.25) is 13.9 Å². The Morgan fingerprint density at radius 2 is 1.66 bits per heavy atom. The first-order valence-corrected chi connectivity index (χ1v) is 13.9. The summed E-state index contributed by atoms with van der Waals surface area (Å²) in [5.74, 6) is -0.851. The Morgan fingerprint density at radius 1 is 1.00 bits per heavy atom. The van der Waals surface area contributed by atoms with Crippen LogP contribution in [0.15, 0.2) is 36.4 Å². The van der Waals surface area contributed by atoms with Gasteiger partial charge in [0.05, 0.1) is 22.0 Å². The van der Waals surface area contributed by atoms with Crippen molar-refractivity contribution in [3.8, 4) is 0 Å². The quantitative estimate of drug-likeness (QED) is 0.471. The second kappa shape index (κ2) is 12.1. The number of nitrogens with zero attached hydrogens (tertiary/aromatic N) is 2. The first-order chi connectivity index (χ1) is 16.2. The van der Waals surface area contributed by atoms with Crippen molar-refractivity contribution >= 4 is 50.7 Å². The van der Waals surface area contributed by atoms with E-state index in [1.54, 1.807) is 37.3 Å². The Hall–Kier alpha value is -2.29. The van der Waals surface area contributed by atoms with Gasteiger partial charge in [0.2, 0.25) is 21.8 Å². The van der Waals surface area contributed by atoms with Crippen LogP contribution in [0, 0.1) is 13.8 Å². The highest BCUT2D eigenvalue weighted by Crippen LogP contribution is 2.25. The van der Waals surface area contributed by atoms with E-state index < -0.39 is 28.5 Å². The molecule has 0 spiro atoms. The zero-order valence-electron chi connectivity index (χ0n) is 20.9. The lowest BCUT2D eigenvalue weighted by atomic mass is 10.1. The fourth-order valence-electron chi connectivity index (χ4n) is 3.38. The molecule has 2 amide bonds. The average Bonchev–Trinajstić information content (AvgIpc) is 2.78. The molecule has 0 aliphatic carbocycles. The molecule has 7 nitrogen and oxygen atoms in total. The lowest BCUT2D eigenvalue weighted by Gasteiger charge is -2.32. The van der Waals surface area contributed by atoms with Crippen LogP contribution in [0.5, 0.6) is 0 Å². The lowest BCUT2D eigenvalue weighted by Crippen LogP contribution is -2.52. The first kappa shape index (κ1) is 28.9. The standard InChI is InChI=1S/C25H33Cl2N3O4S/c1-7-18(4)28-25(32)19(5)29(14-20-9-11-22(26)23(27)13-20)24(31)15-30(35(6,33)34)21-10-8-16(2)17(3)12-21/h8-13,18-19H,7,14-15H2,1-6H3,(H,28,32)/t18-,19+/m1/s1. The normalized spacial score (nSPS) is 13.1. The highest BCUT2D eigenvalue weighted by atomic mass is 35.5. The summed E-state index contributed by atoms with van der Waals surface area (Å²) in [7, 11) is -3.78. The van der Waals surface area contributed by atoms with Gasteiger partial charge in [0, 0.05) is 12.6 Å². The molecule has 10 heteroatoms. The number of aryl methyl sites for hydroxylation is 2. The molecule has 0 unspecified atom stereocenters. The van der Waals surface area contributed by atoms with Gasteiger partial charge in [0.25, 0.3) is 0 Å². The summed E-state index contributed by atoms with van der Waals surface area (Å²) < 4.78 is 26.4. The maximum atomic E-state index is 13.6. The van der Waals surface area contributed by atoms with Crippen molar-refractivity contribution < 1.29 is 18.0 Å². The number of hydrogen-bond acceptors (Lipinski definition) is 4. The van der Waals surface area contributed by atoms with Crippen LogP contribution in [-0.2, 0) is 26.2 Å². The van der Waals surface area contributed by atoms with E-state index in [4.69, 9.17) is 23.2 Å². The molecule has 0 radical (unpaired) electrons. The fourth-order valence-corrected chi connectivity index (χ4v) is 4.54. The van der Waals surface area contributed by atoms with Crippen molar-refractivity contribution in [3.63, 3.8) is 0 Å². The van der Waals surface area contributed by atoms with Gasteiger partial charge in [-0.05, 0) is 75.1 Å². The molecule has 0 bridgehead atoms. The van der Waals surface area contributed by atoms with Gasteiger partial charge in [-0.25, -0.2) is 8.42 Å². The smallest absolute Gasteiger partial charge is 0.244 e. The van der Waals surface area contributed by atoms with Crippen molar-refractivity contribution in [1.29, 1.82) is 0 Å². The number of benzene rings is 2. The molecule has 0 heterocycles. The minimum absolute atomic E-state index is 0.0509. The Balaban J connectivity index is 2.43. The monoisotopic (exact) mass is 541 g/mol. The molecule has 0 fully saturated rings. The Kier molecular flexibility index (Phi) is 10.0. The highest BCUT2D eigenvalue weighted by Gasteiger charge is 2.30. The fraction of sp³-hybridized carbons (Fsp3) is 0.440. The van der Waals surface area contributed by atoms with Gasteiger partial charge >= 0.3 is 0 Å². The minimum Gasteiger partial charge on any atom is -0.352 e. The molecule has 0 saturated carbocycles. The number of rotatable bonds is 10. The van der Waals surface area contributed by atoms with Crippen molar-refractivity contribution in [1.82, 2.24) is 10.2 Å². The number of hydrogen-bond donors (Lipinski definition) is 1. The number of carbonyl (C=O) groups excluding carboxylic acids is 2. The summed E-state index contributed by atoms with van der Waals surface area (Å²) in [5, 5.41) is 3.58. The minimum atomic E-state index is -3.78. The van der Waals surface area contributed by atoms with E-state index in [0.29, 0.717) is 21.3 Å². The number of carbonyl (C=O) groups is 2. The summed E-state index contributed by atoms with van der Waals surface area (Å²) >= 11 is 12.2. The molecule has 2 rings (SSSR count). The second-order valence-electron chi connectivity index (χ2n) is 8.80. The molecule has 192 valence electrons. The van der Waals surface area contributed by atoms with Crippen LogP contribution in [0.25, 0.3) is 0 Å². The van der Waals surface area contributed by atoms with Crippen LogP contribution >= 0.6 is 23.2 Å². The van der Waals surface area contributed by atoms with Crippen molar-refractivity contribution in [2.24, 2.45) is 0 Å². The van der Waals surface area contributed by atoms with Gasteiger partial charge in [0.1, 0.15) is 12.6 Å². The van der Waals surface area contributed by atoms with Gasteiger partial charge in [0.15, 0.2) is 0 Å². The largest absolute Gasteiger partial charge is 0.352 e. The van der Waals surface area contributed by atoms with Gasteiger partial charge < -0.3 is 10.2 Å². The van der Waals surface area contributed by atoms with E-state index in [9.17, 15) is 18.0 Å². The summed E-state index contributed by atoms with van der Waals surface area (Å²) in [6.45, 7) is 8.83. The third-order valence-electron chi connectivity index (χ3n) is 5.96. The Morgan fingerprint density at radius 3 is 2.20 bits per heavy atom. The predicted octanol–water partition coefficient (Wildman–Crippen LogP) is 4.71. The van der Waals surface area contributed by atoms with Crippen LogP contribution in [0.1, 0.15) is 43.9 Å². The van der Waals surface area contributed by atoms with Crippen LogP contribution < -0.4 is 9.62 Å². The summed E-state index contributed by atoms with van der Waals surface area (Å²) in [4.78, 5) is 27.8. The second-order valence-corrected chi connectivity index (χ2v) is 11.5. The number of nitrogens with one attached hydrogen (secondary N) is 1. The van der Waals surface area contributed by atoms with E-state index in [0.717, 1.165) is 28.1 Å². The Labute approximate surface area is 218 Å². The molecule has 2 aromatic rings. The topological polar surface area (TPSA) is 86.8 Å². The van der Waals surface area contributed by atoms with E-state index in [1.165, 1.54) is 4.90 Å². The van der Waals surface area contributed by atoms with Gasteiger partial charge in [-0.15, -0.1) is 0 Å². The zero-order chi connectivity index (χ0) is 26.5.